The number of hydrogen-bond acceptors (Lipinski definition) is 1. The Balaban J connectivity index is 2.58. The molecule has 0 aromatic heterocycles. The first-order valence-corrected chi connectivity index (χ1v) is 9.21. The van der Waals surface area contributed by atoms with E-state index in [1.165, 1.54) is 29.8 Å². The summed E-state index contributed by atoms with van der Waals surface area (Å²) >= 11 is 1.73. The van der Waals surface area contributed by atoms with E-state index in [-0.39, 0.29) is 5.41 Å². The molecule has 0 N–H and O–H groups in total. The van der Waals surface area contributed by atoms with Crippen LogP contribution in [0.5, 0.6) is 0 Å². The Labute approximate surface area is 123 Å². The fourth-order valence-electron chi connectivity index (χ4n) is 2.86. The molecule has 0 spiro atoms. The van der Waals surface area contributed by atoms with Crippen molar-refractivity contribution in [2.45, 2.75) is 70.5 Å². The summed E-state index contributed by atoms with van der Waals surface area (Å²) in [4.78, 5) is 0. The molecule has 0 aromatic rings. The molecule has 101 valence electrons. The zero-order valence-electron chi connectivity index (χ0n) is 12.2. The third-order valence-electron chi connectivity index (χ3n) is 4.08. The molecular weight excluding hydrogens is 405 g/mol. The van der Waals surface area contributed by atoms with Crippen LogP contribution in [0.25, 0.3) is 0 Å². The molecule has 17 heavy (non-hydrogen) atoms. The maximum atomic E-state index is 6.25. The van der Waals surface area contributed by atoms with Crippen molar-refractivity contribution in [3.63, 3.8) is 0 Å². The van der Waals surface area contributed by atoms with Crippen molar-refractivity contribution in [1.29, 1.82) is 0 Å². The van der Waals surface area contributed by atoms with Gasteiger partial charge in [-0.2, -0.15) is 0 Å². The second-order valence-electron chi connectivity index (χ2n) is 7.30. The fraction of sp³-hybridized carbons (Fsp3) is 1.00. The zero-order valence-corrected chi connectivity index (χ0v) is 15.4. The summed E-state index contributed by atoms with van der Waals surface area (Å²) in [6.45, 7) is 12.5. The van der Waals surface area contributed by atoms with Gasteiger partial charge in [-0.05, 0) is 0 Å². The van der Waals surface area contributed by atoms with Crippen LogP contribution in [0, 0.1) is 16.7 Å². The molecule has 2 heteroatoms. The van der Waals surface area contributed by atoms with Crippen molar-refractivity contribution in [3.05, 3.63) is 0 Å². The molecule has 0 saturated heterocycles. The van der Waals surface area contributed by atoms with Gasteiger partial charge in [0.1, 0.15) is 0 Å². The van der Waals surface area contributed by atoms with Gasteiger partial charge in [-0.3, -0.25) is 0 Å². The van der Waals surface area contributed by atoms with E-state index >= 15 is 0 Å². The van der Waals surface area contributed by atoms with Gasteiger partial charge in [0.2, 0.25) is 0 Å². The van der Waals surface area contributed by atoms with E-state index in [0.29, 0.717) is 11.5 Å². The second kappa shape index (κ2) is 6.34. The topological polar surface area (TPSA) is 9.23 Å². The molecule has 0 heterocycles. The van der Waals surface area contributed by atoms with E-state index in [4.69, 9.17) is 4.74 Å². The predicted molar refractivity (Wildman–Crippen MR) is 75.5 cm³/mol. The van der Waals surface area contributed by atoms with E-state index < -0.39 is 0 Å². The summed E-state index contributed by atoms with van der Waals surface area (Å²) < 4.78 is 7.64. The van der Waals surface area contributed by atoms with Crippen LogP contribution >= 0.6 is 0 Å². The second-order valence-corrected chi connectivity index (χ2v) is 8.89. The summed E-state index contributed by atoms with van der Waals surface area (Å²) in [5.41, 5.74) is 0.664. The van der Waals surface area contributed by atoms with E-state index in [0.717, 1.165) is 12.5 Å². The van der Waals surface area contributed by atoms with E-state index in [1.54, 1.807) is 25.1 Å². The minimum absolute atomic E-state index is 0.290. The van der Waals surface area contributed by atoms with Gasteiger partial charge in [-0.25, -0.2) is 0 Å². The standard InChI is InChI=1S/C15H29O.Po/c1-7-12-9-8-10-13(15(12,5)6)16-11-14(2,3)4;/h12-13H,1,7-11H2,2-6H3;. The number of hydrogen-bond donors (Lipinski definition) is 0. The summed E-state index contributed by atoms with van der Waals surface area (Å²) in [5, 5.41) is 0. The van der Waals surface area contributed by atoms with Crippen LogP contribution in [0.2, 0.25) is 4.08 Å². The molecule has 0 aromatic carbocycles. The minimum atomic E-state index is 0.290. The summed E-state index contributed by atoms with van der Waals surface area (Å²) in [5.74, 6) is 0.874. The van der Waals surface area contributed by atoms with Gasteiger partial charge in [0, 0.05) is 0 Å². The van der Waals surface area contributed by atoms with Gasteiger partial charge in [0.15, 0.2) is 0 Å². The van der Waals surface area contributed by atoms with E-state index in [1.807, 2.05) is 0 Å². The Morgan fingerprint density at radius 1 is 1.24 bits per heavy atom. The molecule has 0 bridgehead atoms. The summed E-state index contributed by atoms with van der Waals surface area (Å²) in [7, 11) is 0. The monoisotopic (exact) mass is 434 g/mol. The molecule has 1 aliphatic rings. The van der Waals surface area contributed by atoms with Crippen molar-refractivity contribution in [3.8, 4) is 0 Å². The van der Waals surface area contributed by atoms with Gasteiger partial charge in [0.25, 0.3) is 0 Å². The number of ether oxygens (including phenoxy) is 1. The molecule has 0 aliphatic heterocycles. The van der Waals surface area contributed by atoms with E-state index in [2.05, 4.69) is 34.6 Å². The van der Waals surface area contributed by atoms with Gasteiger partial charge in [-0.1, -0.05) is 0 Å². The van der Waals surface area contributed by atoms with Gasteiger partial charge in [0.05, 0.1) is 0 Å². The molecule has 1 aliphatic carbocycles. The first-order chi connectivity index (χ1) is 7.77. The molecule has 1 saturated carbocycles. The van der Waals surface area contributed by atoms with Gasteiger partial charge >= 0.3 is 124 Å². The van der Waals surface area contributed by atoms with Crippen LogP contribution in [-0.2, 0) is 4.74 Å². The van der Waals surface area contributed by atoms with Crippen molar-refractivity contribution in [1.82, 2.24) is 0 Å². The first-order valence-electron chi connectivity index (χ1n) is 6.97. The maximum absolute atomic E-state index is 6.25. The third kappa shape index (κ3) is 4.79. The predicted octanol–water partition coefficient (Wildman–Crippen LogP) is 4.22. The molecule has 1 rings (SSSR count). The van der Waals surface area contributed by atoms with Crippen LogP contribution in [-0.4, -0.2) is 37.8 Å². The first kappa shape index (κ1) is 15.9. The van der Waals surface area contributed by atoms with Crippen LogP contribution in [0.1, 0.15) is 60.3 Å². The normalized spacial score (nSPS) is 29.3. The summed E-state index contributed by atoms with van der Waals surface area (Å²) in [6.07, 6.45) is 5.91. The molecule has 1 radical (unpaired) electrons. The van der Waals surface area contributed by atoms with Gasteiger partial charge in [-0.15, -0.1) is 0 Å². The molecule has 1 fully saturated rings. The quantitative estimate of drug-likeness (QED) is 0.644. The number of rotatable bonds is 4. The van der Waals surface area contributed by atoms with Crippen LogP contribution < -0.4 is 0 Å². The third-order valence-corrected chi connectivity index (χ3v) is 5.00. The van der Waals surface area contributed by atoms with Crippen molar-refractivity contribution in [2.24, 2.45) is 16.7 Å². The average molecular weight is 434 g/mol. The Morgan fingerprint density at radius 2 is 1.88 bits per heavy atom. The average Bonchev–Trinajstić information content (AvgIpc) is 2.18. The molecular formula is C15H29OPo. The molecule has 1 nitrogen and oxygen atoms in total. The molecule has 0 amide bonds. The van der Waals surface area contributed by atoms with Crippen molar-refractivity contribution >= 4 is 25.1 Å². The Morgan fingerprint density at radius 3 is 2.41 bits per heavy atom. The van der Waals surface area contributed by atoms with Crippen molar-refractivity contribution in [2.75, 3.05) is 6.61 Å². The zero-order chi connectivity index (χ0) is 13.1. The van der Waals surface area contributed by atoms with E-state index in [9.17, 15) is 0 Å². The van der Waals surface area contributed by atoms with Crippen LogP contribution in [0.3, 0.4) is 0 Å². The van der Waals surface area contributed by atoms with Crippen LogP contribution in [0.15, 0.2) is 0 Å². The Bertz CT molecular complexity index is 228. The fourth-order valence-corrected chi connectivity index (χ4v) is 3.97. The Kier molecular flexibility index (Phi) is 5.93. The SMILES string of the molecule is CC(C)(C)COC1CCCC(C[CH2][Po])C1(C)C. The van der Waals surface area contributed by atoms with Gasteiger partial charge < -0.3 is 0 Å². The summed E-state index contributed by atoms with van der Waals surface area (Å²) in [6, 6.07) is 0. The Hall–Kier alpha value is 0.856. The molecule has 2 atom stereocenters. The molecule has 2 unspecified atom stereocenters. The van der Waals surface area contributed by atoms with Crippen LogP contribution in [0.4, 0.5) is 0 Å². The van der Waals surface area contributed by atoms with Crippen molar-refractivity contribution < 1.29 is 4.74 Å².